The van der Waals surface area contributed by atoms with Crippen LogP contribution in [0.25, 0.3) is 135 Å². The van der Waals surface area contributed by atoms with Crippen molar-refractivity contribution in [2.75, 3.05) is 0 Å². The van der Waals surface area contributed by atoms with Crippen molar-refractivity contribution in [1.29, 1.82) is 0 Å². The maximum absolute atomic E-state index is 8.29. The fourth-order valence-electron chi connectivity index (χ4n) is 18.1. The third kappa shape index (κ3) is 13.3. The van der Waals surface area contributed by atoms with Crippen LogP contribution in [0.4, 0.5) is 0 Å². The molecule has 113 heavy (non-hydrogen) atoms. The second-order valence-corrected chi connectivity index (χ2v) is 29.3. The van der Waals surface area contributed by atoms with E-state index in [1.807, 2.05) is 0 Å². The lowest BCUT2D eigenvalue weighted by atomic mass is 9.89. The SMILES string of the molecule is C1=CC(OC2C=Cc3cccc4cccc2c34)c2cccc3cccc1c23.C1=CC(OC2C=Cc3cccc4cccc2c34)c2cccc3cccc1c23.C1=CC(OC2C=Cc3cccc4cccc2c34)c2cccc3cccc1c23.C1=CC(OC2C=Cc3cccc4cccc2c34)c2cccc3cccc1c23.O=S=O.S.S. The summed E-state index contributed by atoms with van der Waals surface area (Å²) in [5.74, 6) is 0. The fraction of sp³-hybridized carbons (Fsp3) is 0.0769. The highest BCUT2D eigenvalue weighted by molar-refractivity contribution is 7.59. The van der Waals surface area contributed by atoms with Gasteiger partial charge in [0.25, 0.3) is 0 Å². The van der Waals surface area contributed by atoms with Gasteiger partial charge in [0.2, 0.25) is 0 Å². The summed E-state index contributed by atoms with van der Waals surface area (Å²) in [5, 5.41) is 20.7. The monoisotopic (exact) mass is 1520 g/mol. The van der Waals surface area contributed by atoms with Gasteiger partial charge >= 0.3 is 11.6 Å². The second kappa shape index (κ2) is 31.2. The zero-order valence-corrected chi connectivity index (χ0v) is 64.2. The number of hydrogen-bond donors (Lipinski definition) is 0. The molecule has 0 fully saturated rings. The van der Waals surface area contributed by atoms with E-state index >= 15 is 0 Å². The highest BCUT2D eigenvalue weighted by atomic mass is 32.1. The van der Waals surface area contributed by atoms with E-state index in [9.17, 15) is 0 Å². The molecule has 0 spiro atoms. The molecule has 0 heterocycles. The summed E-state index contributed by atoms with van der Waals surface area (Å²) in [6.07, 6.45) is 34.7. The van der Waals surface area contributed by atoms with Crippen LogP contribution in [0, 0.1) is 0 Å². The second-order valence-electron chi connectivity index (χ2n) is 29.2. The van der Waals surface area contributed by atoms with Crippen LogP contribution in [0.2, 0.25) is 0 Å². The van der Waals surface area contributed by atoms with E-state index in [0.29, 0.717) is 0 Å². The first-order chi connectivity index (χ1) is 54.9. The summed E-state index contributed by atoms with van der Waals surface area (Å²) < 4.78 is 43.2. The molecule has 0 saturated heterocycles. The van der Waals surface area contributed by atoms with Crippen molar-refractivity contribution in [2.24, 2.45) is 0 Å². The molecular formula is C104H76O6S3. The van der Waals surface area contributed by atoms with Crippen LogP contribution in [0.1, 0.15) is 138 Å². The molecule has 9 heteroatoms. The quantitative estimate of drug-likeness (QED) is 0.151. The first-order valence-electron chi connectivity index (χ1n) is 38.1. The minimum absolute atomic E-state index is 0. The van der Waals surface area contributed by atoms with Gasteiger partial charge in [0.15, 0.2) is 0 Å². The Labute approximate surface area is 673 Å². The molecule has 0 N–H and O–H groups in total. The van der Waals surface area contributed by atoms with Crippen LogP contribution in [0.5, 0.6) is 0 Å². The van der Waals surface area contributed by atoms with Gasteiger partial charge < -0.3 is 18.9 Å². The summed E-state index contributed by atoms with van der Waals surface area (Å²) in [4.78, 5) is 0. The van der Waals surface area contributed by atoms with E-state index in [0.717, 1.165) is 0 Å². The Bertz CT molecular complexity index is 5550. The van der Waals surface area contributed by atoms with E-state index in [1.54, 1.807) is 0 Å². The molecule has 546 valence electrons. The van der Waals surface area contributed by atoms with E-state index < -0.39 is 11.6 Å². The van der Waals surface area contributed by atoms with Crippen LogP contribution in [0.15, 0.2) is 340 Å². The molecule has 6 nitrogen and oxygen atoms in total. The van der Waals surface area contributed by atoms with Crippen molar-refractivity contribution in [1.82, 2.24) is 0 Å². The lowest BCUT2D eigenvalue weighted by molar-refractivity contribution is 0.0417. The summed E-state index contributed by atoms with van der Waals surface area (Å²) in [6.45, 7) is 0. The van der Waals surface area contributed by atoms with Crippen molar-refractivity contribution in [3.63, 3.8) is 0 Å². The Balaban J connectivity index is 0.000000103. The molecule has 16 aromatic rings. The molecule has 0 amide bonds. The molecule has 0 aromatic heterocycles. The van der Waals surface area contributed by atoms with E-state index in [2.05, 4.69) is 388 Å². The largest absolute Gasteiger partial charge is 0.357 e. The Hall–Kier alpha value is -12.1. The Morgan fingerprint density at radius 2 is 0.274 bits per heavy atom. The average Bonchev–Trinajstić information content (AvgIpc) is 0.745. The van der Waals surface area contributed by atoms with Gasteiger partial charge in [0.05, 0.1) is 0 Å². The lowest BCUT2D eigenvalue weighted by Gasteiger charge is -2.28. The minimum Gasteiger partial charge on any atom is -0.357 e. The molecule has 0 bridgehead atoms. The molecule has 8 unspecified atom stereocenters. The van der Waals surface area contributed by atoms with Crippen molar-refractivity contribution in [2.45, 2.75) is 48.8 Å². The number of ether oxygens (including phenoxy) is 4. The third-order valence-corrected chi connectivity index (χ3v) is 23.0. The highest BCUT2D eigenvalue weighted by Crippen LogP contribution is 2.48. The van der Waals surface area contributed by atoms with E-state index in [4.69, 9.17) is 27.4 Å². The summed E-state index contributed by atoms with van der Waals surface area (Å²) in [6, 6.07) is 104. The van der Waals surface area contributed by atoms with Crippen molar-refractivity contribution < 1.29 is 27.4 Å². The molecule has 24 rings (SSSR count). The normalized spacial score (nSPS) is 18.9. The maximum atomic E-state index is 8.29. The number of hydrogen-bond acceptors (Lipinski definition) is 6. The standard InChI is InChI=1S/4C26H18O.O2S.2H2S/c4*1-5-17-9-3-11-21-23(15-13-19(7-1)25(17)21)27-24-16-14-20-8-2-6-18-10-4-12-22(24)26(18)20;1-3-2;;/h4*1-16,23-24H;;2*1H2. The Morgan fingerprint density at radius 1 is 0.168 bits per heavy atom. The molecule has 0 aliphatic heterocycles. The molecule has 8 atom stereocenters. The van der Waals surface area contributed by atoms with Gasteiger partial charge in [0, 0.05) is 0 Å². The summed E-state index contributed by atoms with van der Waals surface area (Å²) in [7, 11) is 0. The molecule has 0 saturated carbocycles. The van der Waals surface area contributed by atoms with E-state index in [1.165, 1.54) is 175 Å². The number of benzene rings is 16. The molecular weight excluding hydrogens is 1440 g/mol. The van der Waals surface area contributed by atoms with Gasteiger partial charge in [-0.2, -0.15) is 35.4 Å². The van der Waals surface area contributed by atoms with Gasteiger partial charge in [-0.3, -0.25) is 0 Å². The van der Waals surface area contributed by atoms with Gasteiger partial charge in [-0.1, -0.05) is 388 Å². The first-order valence-corrected chi connectivity index (χ1v) is 38.7. The topological polar surface area (TPSA) is 71.1 Å². The highest BCUT2D eigenvalue weighted by Gasteiger charge is 2.30. The van der Waals surface area contributed by atoms with Crippen molar-refractivity contribution in [3.05, 3.63) is 429 Å². The molecule has 0 radical (unpaired) electrons. The Kier molecular flexibility index (Phi) is 20.0. The number of rotatable bonds is 8. The van der Waals surface area contributed by atoms with Crippen LogP contribution < -0.4 is 0 Å². The van der Waals surface area contributed by atoms with Gasteiger partial charge in [-0.25, -0.2) is 0 Å². The predicted octanol–water partition coefficient (Wildman–Crippen LogP) is 26.9. The average molecular weight is 1520 g/mol. The Morgan fingerprint density at radius 3 is 0.389 bits per heavy atom. The van der Waals surface area contributed by atoms with E-state index in [-0.39, 0.29) is 75.8 Å². The fourth-order valence-corrected chi connectivity index (χ4v) is 18.1. The van der Waals surface area contributed by atoms with Crippen molar-refractivity contribution in [3.8, 4) is 0 Å². The molecule has 8 aliphatic rings. The van der Waals surface area contributed by atoms with Crippen LogP contribution in [0.3, 0.4) is 0 Å². The van der Waals surface area contributed by atoms with Gasteiger partial charge in [0.1, 0.15) is 48.8 Å². The first kappa shape index (κ1) is 72.4. The maximum Gasteiger partial charge on any atom is 0.335 e. The molecule has 8 aliphatic carbocycles. The zero-order valence-electron chi connectivity index (χ0n) is 61.4. The zero-order chi connectivity index (χ0) is 73.9. The van der Waals surface area contributed by atoms with Crippen molar-refractivity contribution >= 4 is 173 Å². The van der Waals surface area contributed by atoms with Crippen LogP contribution in [-0.2, 0) is 30.5 Å². The van der Waals surface area contributed by atoms with Gasteiger partial charge in [-0.15, -0.1) is 0 Å². The smallest absolute Gasteiger partial charge is 0.335 e. The van der Waals surface area contributed by atoms with Crippen LogP contribution in [-0.4, -0.2) is 8.42 Å². The lowest BCUT2D eigenvalue weighted by Crippen LogP contribution is -2.12. The van der Waals surface area contributed by atoms with Crippen LogP contribution >= 0.6 is 27.0 Å². The van der Waals surface area contributed by atoms with Gasteiger partial charge in [-0.05, 0) is 175 Å². The third-order valence-electron chi connectivity index (χ3n) is 23.0. The summed E-state index contributed by atoms with van der Waals surface area (Å²) in [5.41, 5.74) is 20.2. The summed E-state index contributed by atoms with van der Waals surface area (Å²) >= 11 is -0.750. The molecule has 16 aromatic carbocycles. The minimum atomic E-state index is -0.750. The predicted molar refractivity (Wildman–Crippen MR) is 480 cm³/mol.